The Labute approximate surface area is 204 Å². The standard InChI is InChI=1S/C27H28N4O2S/c1-20-8-10-21(11-9-20)12-17-26(32)28-18-25-29-30-27(34-19-22-6-4-3-5-7-22)31(25)23-13-15-24(33-2)16-14-23/h3-11,13-16H,12,17-19H2,1-2H3,(H,28,32). The second-order valence-electron chi connectivity index (χ2n) is 7.97. The Bertz CT molecular complexity index is 1210. The van der Waals surface area contributed by atoms with Crippen molar-refractivity contribution in [2.45, 2.75) is 37.2 Å². The van der Waals surface area contributed by atoms with Gasteiger partial charge < -0.3 is 10.1 Å². The minimum Gasteiger partial charge on any atom is -0.497 e. The number of nitrogens with one attached hydrogen (secondary N) is 1. The molecule has 174 valence electrons. The molecular formula is C27H28N4O2S. The van der Waals surface area contributed by atoms with Gasteiger partial charge in [-0.1, -0.05) is 71.9 Å². The molecule has 1 amide bonds. The van der Waals surface area contributed by atoms with Crippen LogP contribution in [0.15, 0.2) is 84.0 Å². The van der Waals surface area contributed by atoms with Crippen molar-refractivity contribution >= 4 is 17.7 Å². The Balaban J connectivity index is 1.46. The summed E-state index contributed by atoms with van der Waals surface area (Å²) in [6, 6.07) is 26.3. The van der Waals surface area contributed by atoms with Crippen LogP contribution in [-0.4, -0.2) is 27.8 Å². The van der Waals surface area contributed by atoms with Gasteiger partial charge in [-0.15, -0.1) is 10.2 Å². The third-order valence-corrected chi connectivity index (χ3v) is 6.45. The maximum atomic E-state index is 12.5. The van der Waals surface area contributed by atoms with Gasteiger partial charge in [-0.05, 0) is 48.7 Å². The molecule has 0 atom stereocenters. The average molecular weight is 473 g/mol. The predicted octanol–water partition coefficient (Wildman–Crippen LogP) is 5.13. The number of amides is 1. The molecule has 34 heavy (non-hydrogen) atoms. The van der Waals surface area contributed by atoms with E-state index in [-0.39, 0.29) is 5.91 Å². The van der Waals surface area contributed by atoms with Crippen LogP contribution < -0.4 is 10.1 Å². The lowest BCUT2D eigenvalue weighted by Crippen LogP contribution is -2.24. The Morgan fingerprint density at radius 1 is 0.941 bits per heavy atom. The summed E-state index contributed by atoms with van der Waals surface area (Å²) < 4.78 is 7.29. The molecular weight excluding hydrogens is 444 g/mol. The van der Waals surface area contributed by atoms with E-state index in [0.717, 1.165) is 27.9 Å². The van der Waals surface area contributed by atoms with E-state index in [2.05, 4.69) is 58.8 Å². The van der Waals surface area contributed by atoms with Gasteiger partial charge in [-0.25, -0.2) is 0 Å². The number of hydrogen-bond donors (Lipinski definition) is 1. The van der Waals surface area contributed by atoms with Gasteiger partial charge in [-0.3, -0.25) is 9.36 Å². The van der Waals surface area contributed by atoms with Crippen molar-refractivity contribution in [2.24, 2.45) is 0 Å². The summed E-state index contributed by atoms with van der Waals surface area (Å²) >= 11 is 1.61. The van der Waals surface area contributed by atoms with Crippen LogP contribution in [0.5, 0.6) is 5.75 Å². The number of carbonyl (C=O) groups excluding carboxylic acids is 1. The molecule has 0 fully saturated rings. The third kappa shape index (κ3) is 6.26. The SMILES string of the molecule is COc1ccc(-n2c(CNC(=O)CCc3ccc(C)cc3)nnc2SCc2ccccc2)cc1. The van der Waals surface area contributed by atoms with Crippen LogP contribution in [0.3, 0.4) is 0 Å². The zero-order valence-electron chi connectivity index (χ0n) is 19.4. The summed E-state index contributed by atoms with van der Waals surface area (Å²) in [6.45, 7) is 2.36. The van der Waals surface area contributed by atoms with Crippen molar-refractivity contribution in [2.75, 3.05) is 7.11 Å². The molecule has 1 N–H and O–H groups in total. The first-order chi connectivity index (χ1) is 16.6. The Morgan fingerprint density at radius 2 is 1.68 bits per heavy atom. The highest BCUT2D eigenvalue weighted by atomic mass is 32.2. The normalized spacial score (nSPS) is 10.8. The maximum absolute atomic E-state index is 12.5. The van der Waals surface area contributed by atoms with Gasteiger partial charge in [0.05, 0.1) is 13.7 Å². The molecule has 3 aromatic carbocycles. The third-order valence-electron chi connectivity index (χ3n) is 5.45. The molecule has 1 aromatic heterocycles. The van der Waals surface area contributed by atoms with Crippen LogP contribution >= 0.6 is 11.8 Å². The Morgan fingerprint density at radius 3 is 2.38 bits per heavy atom. The quantitative estimate of drug-likeness (QED) is 0.324. The fraction of sp³-hybridized carbons (Fsp3) is 0.222. The number of carbonyl (C=O) groups is 1. The number of nitrogens with zero attached hydrogens (tertiary/aromatic N) is 3. The molecule has 1 heterocycles. The zero-order chi connectivity index (χ0) is 23.8. The predicted molar refractivity (Wildman–Crippen MR) is 135 cm³/mol. The molecule has 4 rings (SSSR count). The summed E-state index contributed by atoms with van der Waals surface area (Å²) in [6.07, 6.45) is 1.13. The molecule has 4 aromatic rings. The average Bonchev–Trinajstić information content (AvgIpc) is 3.29. The summed E-state index contributed by atoms with van der Waals surface area (Å²) in [5.41, 5.74) is 4.50. The number of benzene rings is 3. The molecule has 0 spiro atoms. The van der Waals surface area contributed by atoms with Crippen molar-refractivity contribution < 1.29 is 9.53 Å². The molecule has 0 aliphatic rings. The number of aromatic nitrogens is 3. The summed E-state index contributed by atoms with van der Waals surface area (Å²) in [5.74, 6) is 2.23. The van der Waals surface area contributed by atoms with Gasteiger partial charge in [-0.2, -0.15) is 0 Å². The van der Waals surface area contributed by atoms with Gasteiger partial charge in [0.1, 0.15) is 5.75 Å². The number of rotatable bonds is 10. The Kier molecular flexibility index (Phi) is 7.99. The van der Waals surface area contributed by atoms with Gasteiger partial charge >= 0.3 is 0 Å². The first-order valence-corrected chi connectivity index (χ1v) is 12.2. The van der Waals surface area contributed by atoms with Crippen molar-refractivity contribution in [3.8, 4) is 11.4 Å². The van der Waals surface area contributed by atoms with Crippen molar-refractivity contribution in [1.29, 1.82) is 0 Å². The highest BCUT2D eigenvalue weighted by Crippen LogP contribution is 2.26. The lowest BCUT2D eigenvalue weighted by atomic mass is 10.1. The van der Waals surface area contributed by atoms with E-state index in [9.17, 15) is 4.79 Å². The first kappa shape index (κ1) is 23.6. The van der Waals surface area contributed by atoms with Gasteiger partial charge in [0.15, 0.2) is 11.0 Å². The molecule has 0 aliphatic heterocycles. The first-order valence-electron chi connectivity index (χ1n) is 11.2. The second-order valence-corrected chi connectivity index (χ2v) is 8.91. The lowest BCUT2D eigenvalue weighted by molar-refractivity contribution is -0.121. The molecule has 0 radical (unpaired) electrons. The van der Waals surface area contributed by atoms with E-state index in [0.29, 0.717) is 25.2 Å². The maximum Gasteiger partial charge on any atom is 0.220 e. The minimum atomic E-state index is -0.0108. The Hall–Kier alpha value is -3.58. The van der Waals surface area contributed by atoms with Crippen LogP contribution in [0.1, 0.15) is 28.9 Å². The molecule has 0 unspecified atom stereocenters. The lowest BCUT2D eigenvalue weighted by Gasteiger charge is -2.12. The van der Waals surface area contributed by atoms with E-state index < -0.39 is 0 Å². The van der Waals surface area contributed by atoms with E-state index >= 15 is 0 Å². The smallest absolute Gasteiger partial charge is 0.220 e. The summed E-state index contributed by atoms with van der Waals surface area (Å²) in [5, 5.41) is 12.6. The van der Waals surface area contributed by atoms with E-state index in [1.807, 2.05) is 47.0 Å². The van der Waals surface area contributed by atoms with Crippen LogP contribution in [0.2, 0.25) is 0 Å². The van der Waals surface area contributed by atoms with Crippen LogP contribution in [0.4, 0.5) is 0 Å². The largest absolute Gasteiger partial charge is 0.497 e. The highest BCUT2D eigenvalue weighted by Gasteiger charge is 2.16. The fourth-order valence-electron chi connectivity index (χ4n) is 3.50. The van der Waals surface area contributed by atoms with Gasteiger partial charge in [0.25, 0.3) is 0 Å². The van der Waals surface area contributed by atoms with E-state index in [1.54, 1.807) is 18.9 Å². The van der Waals surface area contributed by atoms with Crippen molar-refractivity contribution in [1.82, 2.24) is 20.1 Å². The van der Waals surface area contributed by atoms with Crippen LogP contribution in [0.25, 0.3) is 5.69 Å². The monoisotopic (exact) mass is 472 g/mol. The summed E-state index contributed by atoms with van der Waals surface area (Å²) in [7, 11) is 1.65. The molecule has 0 aliphatic carbocycles. The number of thioether (sulfide) groups is 1. The van der Waals surface area contributed by atoms with Crippen LogP contribution in [0, 0.1) is 6.92 Å². The summed E-state index contributed by atoms with van der Waals surface area (Å²) in [4.78, 5) is 12.5. The second kappa shape index (κ2) is 11.5. The topological polar surface area (TPSA) is 69.0 Å². The van der Waals surface area contributed by atoms with Crippen LogP contribution in [-0.2, 0) is 23.5 Å². The van der Waals surface area contributed by atoms with E-state index in [4.69, 9.17) is 4.74 Å². The van der Waals surface area contributed by atoms with Crippen molar-refractivity contribution in [3.63, 3.8) is 0 Å². The zero-order valence-corrected chi connectivity index (χ0v) is 20.2. The number of methoxy groups -OCH3 is 1. The highest BCUT2D eigenvalue weighted by molar-refractivity contribution is 7.98. The molecule has 7 heteroatoms. The van der Waals surface area contributed by atoms with E-state index in [1.165, 1.54) is 11.1 Å². The number of aryl methyl sites for hydroxylation is 2. The molecule has 0 saturated carbocycles. The fourth-order valence-corrected chi connectivity index (χ4v) is 4.43. The molecule has 6 nitrogen and oxygen atoms in total. The van der Waals surface area contributed by atoms with Crippen molar-refractivity contribution in [3.05, 3.63) is 101 Å². The van der Waals surface area contributed by atoms with Gasteiger partial charge in [0, 0.05) is 17.9 Å². The number of hydrogen-bond acceptors (Lipinski definition) is 5. The van der Waals surface area contributed by atoms with Gasteiger partial charge in [0.2, 0.25) is 5.91 Å². The molecule has 0 bridgehead atoms. The molecule has 0 saturated heterocycles. The number of ether oxygens (including phenoxy) is 1. The minimum absolute atomic E-state index is 0.0108.